The average molecular weight is 482 g/mol. The van der Waals surface area contributed by atoms with E-state index in [2.05, 4.69) is 34.8 Å². The maximum absolute atomic E-state index is 5.89. The number of thioether (sulfide) groups is 1. The van der Waals surface area contributed by atoms with Crippen molar-refractivity contribution in [2.24, 2.45) is 4.99 Å². The van der Waals surface area contributed by atoms with E-state index in [0.717, 1.165) is 62.6 Å². The second-order valence-corrected chi connectivity index (χ2v) is 6.74. The molecule has 8 heteroatoms. The van der Waals surface area contributed by atoms with Gasteiger partial charge >= 0.3 is 0 Å². The Bertz CT molecular complexity index is 507. The first-order valence-corrected chi connectivity index (χ1v) is 10.0. The van der Waals surface area contributed by atoms with Gasteiger partial charge in [0.2, 0.25) is 0 Å². The molecule has 6 nitrogen and oxygen atoms in total. The molecular formula is C17H31IN4O2S. The topological polar surface area (TPSA) is 62.0 Å². The minimum Gasteiger partial charge on any atom is -0.465 e. The lowest BCUT2D eigenvalue weighted by atomic mass is 10.1. The summed E-state index contributed by atoms with van der Waals surface area (Å²) < 4.78 is 11.4. The van der Waals surface area contributed by atoms with Crippen molar-refractivity contribution in [3.05, 3.63) is 23.7 Å². The number of rotatable bonds is 8. The van der Waals surface area contributed by atoms with E-state index in [9.17, 15) is 0 Å². The number of aryl methyl sites for hydroxylation is 1. The largest absolute Gasteiger partial charge is 0.465 e. The quantitative estimate of drug-likeness (QED) is 0.257. The zero-order chi connectivity index (χ0) is 17.2. The lowest BCUT2D eigenvalue weighted by molar-refractivity contribution is 0.0135. The number of morpholine rings is 1. The molecule has 0 radical (unpaired) electrons. The van der Waals surface area contributed by atoms with Crippen molar-refractivity contribution in [1.82, 2.24) is 15.5 Å². The SMILES string of the molecule is CCNC(=NCC(c1ccc(C)o1)N1CCOCC1)NCCSC.I. The molecule has 0 spiro atoms. The van der Waals surface area contributed by atoms with Crippen LogP contribution in [0.1, 0.15) is 24.5 Å². The Morgan fingerprint density at radius 3 is 2.68 bits per heavy atom. The highest BCUT2D eigenvalue weighted by Gasteiger charge is 2.25. The predicted molar refractivity (Wildman–Crippen MR) is 116 cm³/mol. The molecule has 1 fully saturated rings. The molecule has 25 heavy (non-hydrogen) atoms. The van der Waals surface area contributed by atoms with Gasteiger partial charge in [0.1, 0.15) is 11.5 Å². The molecular weight excluding hydrogens is 451 g/mol. The number of furan rings is 1. The highest BCUT2D eigenvalue weighted by atomic mass is 127. The van der Waals surface area contributed by atoms with Crippen molar-refractivity contribution in [1.29, 1.82) is 0 Å². The molecule has 1 aliphatic rings. The van der Waals surface area contributed by atoms with Gasteiger partial charge in [-0.25, -0.2) is 0 Å². The van der Waals surface area contributed by atoms with Gasteiger partial charge < -0.3 is 19.8 Å². The highest BCUT2D eigenvalue weighted by Crippen LogP contribution is 2.24. The Morgan fingerprint density at radius 2 is 2.08 bits per heavy atom. The molecule has 2 rings (SSSR count). The third kappa shape index (κ3) is 7.76. The van der Waals surface area contributed by atoms with Gasteiger partial charge in [-0.3, -0.25) is 9.89 Å². The van der Waals surface area contributed by atoms with E-state index < -0.39 is 0 Å². The van der Waals surface area contributed by atoms with Gasteiger partial charge in [-0.05, 0) is 32.2 Å². The van der Waals surface area contributed by atoms with E-state index in [4.69, 9.17) is 14.1 Å². The summed E-state index contributed by atoms with van der Waals surface area (Å²) in [7, 11) is 0. The molecule has 144 valence electrons. The number of ether oxygens (including phenoxy) is 1. The molecule has 1 unspecified atom stereocenters. The summed E-state index contributed by atoms with van der Waals surface area (Å²) in [5, 5.41) is 6.69. The first kappa shape index (κ1) is 22.6. The number of nitrogens with one attached hydrogen (secondary N) is 2. The Balaban J connectivity index is 0.00000312. The summed E-state index contributed by atoms with van der Waals surface area (Å²) in [5.74, 6) is 3.86. The number of guanidine groups is 1. The van der Waals surface area contributed by atoms with Crippen LogP contribution >= 0.6 is 35.7 Å². The van der Waals surface area contributed by atoms with Crippen molar-refractivity contribution >= 4 is 41.7 Å². The van der Waals surface area contributed by atoms with Crippen LogP contribution in [-0.4, -0.2) is 68.8 Å². The van der Waals surface area contributed by atoms with E-state index in [1.165, 1.54) is 0 Å². The van der Waals surface area contributed by atoms with E-state index >= 15 is 0 Å². The molecule has 2 heterocycles. The molecule has 2 N–H and O–H groups in total. The summed E-state index contributed by atoms with van der Waals surface area (Å²) >= 11 is 1.83. The van der Waals surface area contributed by atoms with Gasteiger partial charge in [0.15, 0.2) is 5.96 Å². The Kier molecular flexibility index (Phi) is 11.6. The molecule has 1 saturated heterocycles. The summed E-state index contributed by atoms with van der Waals surface area (Å²) in [5.41, 5.74) is 0. The molecule has 0 bridgehead atoms. The zero-order valence-corrected chi connectivity index (χ0v) is 18.6. The number of aliphatic imine (C=N–C) groups is 1. The second kappa shape index (κ2) is 12.8. The fourth-order valence-electron chi connectivity index (χ4n) is 2.70. The highest BCUT2D eigenvalue weighted by molar-refractivity contribution is 14.0. The first-order chi connectivity index (χ1) is 11.7. The maximum atomic E-state index is 5.89. The number of hydrogen-bond donors (Lipinski definition) is 2. The first-order valence-electron chi connectivity index (χ1n) is 8.63. The van der Waals surface area contributed by atoms with Crippen LogP contribution in [0.2, 0.25) is 0 Å². The minimum atomic E-state index is 0. The van der Waals surface area contributed by atoms with E-state index in [1.807, 2.05) is 24.8 Å². The summed E-state index contributed by atoms with van der Waals surface area (Å²) in [6.45, 7) is 9.87. The minimum absolute atomic E-state index is 0. The molecule has 1 aliphatic heterocycles. The molecule has 1 aromatic heterocycles. The van der Waals surface area contributed by atoms with Gasteiger partial charge in [0.25, 0.3) is 0 Å². The van der Waals surface area contributed by atoms with Gasteiger partial charge in [0, 0.05) is 31.9 Å². The molecule has 0 saturated carbocycles. The van der Waals surface area contributed by atoms with Crippen molar-refractivity contribution in [3.63, 3.8) is 0 Å². The Hall–Kier alpha value is -0.450. The summed E-state index contributed by atoms with van der Waals surface area (Å²) in [4.78, 5) is 7.19. The molecule has 0 amide bonds. The van der Waals surface area contributed by atoms with Crippen LogP contribution in [0.15, 0.2) is 21.5 Å². The lowest BCUT2D eigenvalue weighted by Crippen LogP contribution is -2.42. The zero-order valence-electron chi connectivity index (χ0n) is 15.4. The van der Waals surface area contributed by atoms with Gasteiger partial charge in [-0.1, -0.05) is 0 Å². The summed E-state index contributed by atoms with van der Waals surface area (Å²) in [6.07, 6.45) is 2.11. The van der Waals surface area contributed by atoms with Crippen molar-refractivity contribution in [2.45, 2.75) is 19.9 Å². The van der Waals surface area contributed by atoms with Crippen LogP contribution in [0.5, 0.6) is 0 Å². The Labute approximate surface area is 172 Å². The number of hydrogen-bond acceptors (Lipinski definition) is 5. The monoisotopic (exact) mass is 482 g/mol. The van der Waals surface area contributed by atoms with Crippen molar-refractivity contribution in [2.75, 3.05) is 57.9 Å². The average Bonchev–Trinajstić information content (AvgIpc) is 3.02. The van der Waals surface area contributed by atoms with E-state index in [0.29, 0.717) is 6.54 Å². The Morgan fingerprint density at radius 1 is 1.32 bits per heavy atom. The van der Waals surface area contributed by atoms with Crippen LogP contribution in [-0.2, 0) is 4.74 Å². The summed E-state index contributed by atoms with van der Waals surface area (Å²) in [6, 6.07) is 4.24. The molecule has 1 aromatic rings. The van der Waals surface area contributed by atoms with Gasteiger partial charge in [-0.15, -0.1) is 24.0 Å². The lowest BCUT2D eigenvalue weighted by Gasteiger charge is -2.32. The second-order valence-electron chi connectivity index (χ2n) is 5.75. The molecule has 0 aromatic carbocycles. The third-order valence-corrected chi connectivity index (χ3v) is 4.55. The van der Waals surface area contributed by atoms with Crippen LogP contribution in [0, 0.1) is 6.92 Å². The molecule has 1 atom stereocenters. The fourth-order valence-corrected chi connectivity index (χ4v) is 3.00. The molecule has 0 aliphatic carbocycles. The van der Waals surface area contributed by atoms with Crippen molar-refractivity contribution < 1.29 is 9.15 Å². The third-order valence-electron chi connectivity index (χ3n) is 3.94. The van der Waals surface area contributed by atoms with Crippen LogP contribution in [0.3, 0.4) is 0 Å². The van der Waals surface area contributed by atoms with Crippen LogP contribution in [0.4, 0.5) is 0 Å². The standard InChI is InChI=1S/C17H30N4O2S.HI/c1-4-18-17(19-7-12-24-3)20-13-15(16-6-5-14(2)23-16)21-8-10-22-11-9-21;/h5-6,15H,4,7-13H2,1-3H3,(H2,18,19,20);1H. The van der Waals surface area contributed by atoms with Gasteiger partial charge in [-0.2, -0.15) is 11.8 Å². The van der Waals surface area contributed by atoms with Crippen LogP contribution < -0.4 is 10.6 Å². The maximum Gasteiger partial charge on any atom is 0.191 e. The number of nitrogens with zero attached hydrogens (tertiary/aromatic N) is 2. The van der Waals surface area contributed by atoms with E-state index in [1.54, 1.807) is 0 Å². The fraction of sp³-hybridized carbons (Fsp3) is 0.706. The van der Waals surface area contributed by atoms with Crippen LogP contribution in [0.25, 0.3) is 0 Å². The smallest absolute Gasteiger partial charge is 0.191 e. The normalized spacial score (nSPS) is 17.0. The van der Waals surface area contributed by atoms with E-state index in [-0.39, 0.29) is 30.0 Å². The predicted octanol–water partition coefficient (Wildman–Crippen LogP) is 2.50. The van der Waals surface area contributed by atoms with Crippen molar-refractivity contribution in [3.8, 4) is 0 Å². The number of halogens is 1. The van der Waals surface area contributed by atoms with Gasteiger partial charge in [0.05, 0.1) is 25.8 Å².